The molecule has 1 N–H and O–H groups in total. The Morgan fingerprint density at radius 2 is 1.74 bits per heavy atom. The first kappa shape index (κ1) is 15.2. The van der Waals surface area contributed by atoms with Gasteiger partial charge in [-0.15, -0.1) is 11.3 Å². The largest absolute Gasteiger partial charge is 0.313 e. The van der Waals surface area contributed by atoms with E-state index in [1.807, 2.05) is 18.4 Å². The normalized spacial score (nSPS) is 12.6. The summed E-state index contributed by atoms with van der Waals surface area (Å²) in [5.41, 5.74) is 1.30. The molecule has 1 aromatic carbocycles. The number of hydrogen-bond donors (Lipinski definition) is 1. The van der Waals surface area contributed by atoms with Crippen molar-refractivity contribution in [2.75, 3.05) is 7.05 Å². The van der Waals surface area contributed by atoms with Gasteiger partial charge >= 0.3 is 0 Å². The van der Waals surface area contributed by atoms with Crippen molar-refractivity contribution in [1.82, 2.24) is 5.32 Å². The molecule has 1 heterocycles. The molecule has 0 spiro atoms. The molecule has 2 aromatic rings. The maximum absolute atomic E-state index is 3.56. The van der Waals surface area contributed by atoms with Crippen LogP contribution >= 0.6 is 43.2 Å². The molecule has 0 aliphatic heterocycles. The first-order valence-electron chi connectivity index (χ1n) is 6.33. The lowest BCUT2D eigenvalue weighted by Crippen LogP contribution is -2.18. The third-order valence-electron chi connectivity index (χ3n) is 3.11. The lowest BCUT2D eigenvalue weighted by atomic mass is 10.0. The summed E-state index contributed by atoms with van der Waals surface area (Å²) in [5.74, 6) is 0. The minimum Gasteiger partial charge on any atom is -0.313 e. The zero-order valence-electron chi connectivity index (χ0n) is 11.0. The van der Waals surface area contributed by atoms with Crippen LogP contribution in [0.25, 0.3) is 0 Å². The van der Waals surface area contributed by atoms with Gasteiger partial charge in [-0.3, -0.25) is 0 Å². The van der Waals surface area contributed by atoms with Gasteiger partial charge in [-0.1, -0.05) is 38.8 Å². The second-order valence-electron chi connectivity index (χ2n) is 4.47. The topological polar surface area (TPSA) is 12.0 Å². The summed E-state index contributed by atoms with van der Waals surface area (Å²) in [6.07, 6.45) is 2.15. The fourth-order valence-electron chi connectivity index (χ4n) is 2.09. The smallest absolute Gasteiger partial charge is 0.0367 e. The zero-order valence-corrected chi connectivity index (χ0v) is 15.0. The summed E-state index contributed by atoms with van der Waals surface area (Å²) < 4.78 is 2.22. The fraction of sp³-hybridized carbons (Fsp3) is 0.333. The number of rotatable bonds is 5. The Labute approximate surface area is 135 Å². The van der Waals surface area contributed by atoms with Crippen LogP contribution in [0.5, 0.6) is 0 Å². The van der Waals surface area contributed by atoms with Gasteiger partial charge in [0.15, 0.2) is 0 Å². The van der Waals surface area contributed by atoms with E-state index in [4.69, 9.17) is 0 Å². The van der Waals surface area contributed by atoms with Gasteiger partial charge in [-0.25, -0.2) is 0 Å². The van der Waals surface area contributed by atoms with Crippen LogP contribution in [0, 0.1) is 0 Å². The Kier molecular flexibility index (Phi) is 5.63. The highest BCUT2D eigenvalue weighted by atomic mass is 79.9. The Hall–Kier alpha value is -0.160. The van der Waals surface area contributed by atoms with Crippen LogP contribution in [0.1, 0.15) is 28.3 Å². The average molecular weight is 403 g/mol. The quantitative estimate of drug-likeness (QED) is 0.711. The molecule has 0 amide bonds. The highest BCUT2D eigenvalue weighted by Crippen LogP contribution is 2.28. The van der Waals surface area contributed by atoms with E-state index in [-0.39, 0.29) is 0 Å². The minimum atomic E-state index is 0.345. The SMILES string of the molecule is CCc1ccc(CC(NC)c2cc(Br)cc(Br)c2)s1. The van der Waals surface area contributed by atoms with Crippen LogP contribution in [0.4, 0.5) is 0 Å². The van der Waals surface area contributed by atoms with Crippen LogP contribution in [0.3, 0.4) is 0 Å². The molecule has 0 aliphatic rings. The van der Waals surface area contributed by atoms with Crippen LogP contribution in [-0.4, -0.2) is 7.05 Å². The second-order valence-corrected chi connectivity index (χ2v) is 7.55. The molecule has 19 heavy (non-hydrogen) atoms. The van der Waals surface area contributed by atoms with E-state index in [9.17, 15) is 0 Å². The summed E-state index contributed by atoms with van der Waals surface area (Å²) in [4.78, 5) is 2.90. The monoisotopic (exact) mass is 401 g/mol. The summed E-state index contributed by atoms with van der Waals surface area (Å²) in [6, 6.07) is 11.3. The molecular formula is C15H17Br2NS. The predicted molar refractivity (Wildman–Crippen MR) is 91.0 cm³/mol. The highest BCUT2D eigenvalue weighted by molar-refractivity contribution is 9.11. The Balaban J connectivity index is 2.19. The molecule has 2 rings (SSSR count). The van der Waals surface area contributed by atoms with Crippen molar-refractivity contribution in [3.05, 3.63) is 54.6 Å². The number of benzene rings is 1. The molecule has 4 heteroatoms. The Bertz CT molecular complexity index is 531. The van der Waals surface area contributed by atoms with Gasteiger partial charge in [-0.2, -0.15) is 0 Å². The molecule has 1 nitrogen and oxygen atoms in total. The van der Waals surface area contributed by atoms with Gasteiger partial charge in [0.05, 0.1) is 0 Å². The molecule has 0 saturated carbocycles. The Morgan fingerprint density at radius 3 is 2.26 bits per heavy atom. The number of aryl methyl sites for hydroxylation is 1. The van der Waals surface area contributed by atoms with Crippen molar-refractivity contribution in [3.63, 3.8) is 0 Å². The molecule has 0 saturated heterocycles. The number of halogens is 2. The van der Waals surface area contributed by atoms with E-state index < -0.39 is 0 Å². The van der Waals surface area contributed by atoms with E-state index >= 15 is 0 Å². The summed E-state index contributed by atoms with van der Waals surface area (Å²) in [7, 11) is 2.02. The minimum absolute atomic E-state index is 0.345. The second kappa shape index (κ2) is 7.02. The molecule has 0 fully saturated rings. The van der Waals surface area contributed by atoms with Crippen molar-refractivity contribution in [3.8, 4) is 0 Å². The molecule has 0 radical (unpaired) electrons. The summed E-state index contributed by atoms with van der Waals surface area (Å²) in [6.45, 7) is 2.20. The van der Waals surface area contributed by atoms with Gasteiger partial charge in [0.25, 0.3) is 0 Å². The summed E-state index contributed by atoms with van der Waals surface area (Å²) in [5, 5.41) is 3.41. The van der Waals surface area contributed by atoms with Crippen LogP contribution in [-0.2, 0) is 12.8 Å². The van der Waals surface area contributed by atoms with Crippen LogP contribution in [0.2, 0.25) is 0 Å². The van der Waals surface area contributed by atoms with Crippen molar-refractivity contribution in [2.24, 2.45) is 0 Å². The first-order valence-corrected chi connectivity index (χ1v) is 8.73. The van der Waals surface area contributed by atoms with E-state index in [1.54, 1.807) is 0 Å². The van der Waals surface area contributed by atoms with Crippen molar-refractivity contribution in [2.45, 2.75) is 25.8 Å². The molecule has 1 unspecified atom stereocenters. The number of hydrogen-bond acceptors (Lipinski definition) is 2. The molecule has 1 atom stereocenters. The molecule has 0 aliphatic carbocycles. The lowest BCUT2D eigenvalue weighted by molar-refractivity contribution is 0.596. The molecule has 1 aromatic heterocycles. The van der Waals surface area contributed by atoms with Gasteiger partial charge in [-0.05, 0) is 49.4 Å². The van der Waals surface area contributed by atoms with Gasteiger partial charge < -0.3 is 5.32 Å². The van der Waals surface area contributed by atoms with Gasteiger partial charge in [0.1, 0.15) is 0 Å². The van der Waals surface area contributed by atoms with Crippen molar-refractivity contribution >= 4 is 43.2 Å². The van der Waals surface area contributed by atoms with Gasteiger partial charge in [0, 0.05) is 31.2 Å². The maximum atomic E-state index is 3.56. The molecule has 0 bridgehead atoms. The van der Waals surface area contributed by atoms with E-state index in [2.05, 4.69) is 74.4 Å². The van der Waals surface area contributed by atoms with E-state index in [0.717, 1.165) is 21.8 Å². The fourth-order valence-corrected chi connectivity index (χ4v) is 4.42. The van der Waals surface area contributed by atoms with Crippen LogP contribution in [0.15, 0.2) is 39.3 Å². The van der Waals surface area contributed by atoms with E-state index in [1.165, 1.54) is 15.3 Å². The molecule has 102 valence electrons. The Morgan fingerprint density at radius 1 is 1.11 bits per heavy atom. The molecular weight excluding hydrogens is 386 g/mol. The standard InChI is InChI=1S/C15H17Br2NS/c1-3-13-4-5-14(19-13)9-15(18-2)10-6-11(16)8-12(17)7-10/h4-8,15,18H,3,9H2,1-2H3. The summed E-state index contributed by atoms with van der Waals surface area (Å²) >= 11 is 9.03. The number of thiophene rings is 1. The van der Waals surface area contributed by atoms with Crippen molar-refractivity contribution < 1.29 is 0 Å². The third-order valence-corrected chi connectivity index (χ3v) is 5.27. The number of nitrogens with one attached hydrogen (secondary N) is 1. The lowest BCUT2D eigenvalue weighted by Gasteiger charge is -2.16. The van der Waals surface area contributed by atoms with Crippen LogP contribution < -0.4 is 5.32 Å². The van der Waals surface area contributed by atoms with Gasteiger partial charge in [0.2, 0.25) is 0 Å². The average Bonchev–Trinajstić information content (AvgIpc) is 2.82. The van der Waals surface area contributed by atoms with E-state index in [0.29, 0.717) is 6.04 Å². The highest BCUT2D eigenvalue weighted by Gasteiger charge is 2.12. The maximum Gasteiger partial charge on any atom is 0.0367 e. The third kappa shape index (κ3) is 4.15. The number of likely N-dealkylation sites (N-methyl/N-ethyl adjacent to an activating group) is 1. The first-order chi connectivity index (χ1) is 9.12. The zero-order chi connectivity index (χ0) is 13.8. The predicted octanol–water partition coefficient (Wildman–Crippen LogP) is 5.34. The van der Waals surface area contributed by atoms with Crippen molar-refractivity contribution in [1.29, 1.82) is 0 Å².